The Kier molecular flexibility index (Phi) is 5.51. The predicted molar refractivity (Wildman–Crippen MR) is 90.5 cm³/mol. The number of sulfonamides is 1. The number of anilines is 1. The van der Waals surface area contributed by atoms with Crippen molar-refractivity contribution in [2.24, 2.45) is 0 Å². The lowest BCUT2D eigenvalue weighted by Gasteiger charge is -2.16. The van der Waals surface area contributed by atoms with E-state index in [0.717, 1.165) is 0 Å². The molecule has 24 heavy (non-hydrogen) atoms. The molecule has 0 radical (unpaired) electrons. The Morgan fingerprint density at radius 2 is 1.83 bits per heavy atom. The normalized spacial score (nSPS) is 11.8. The molecule has 0 aliphatic heterocycles. The van der Waals surface area contributed by atoms with E-state index < -0.39 is 15.8 Å². The molecular weight excluding hydrogens is 333 g/mol. The summed E-state index contributed by atoms with van der Waals surface area (Å²) in [6.07, 6.45) is 0. The number of rotatable bonds is 6. The number of aliphatic hydroxyl groups excluding tert-OH is 1. The Hall–Kier alpha value is -2.06. The number of benzene rings is 1. The van der Waals surface area contributed by atoms with Crippen LogP contribution in [0.1, 0.15) is 37.9 Å². The minimum atomic E-state index is -3.54. The van der Waals surface area contributed by atoms with Crippen LogP contribution in [0.2, 0.25) is 0 Å². The fraction of sp³-hybridized carbons (Fsp3) is 0.375. The molecule has 2 N–H and O–H groups in total. The van der Waals surface area contributed by atoms with Crippen molar-refractivity contribution in [2.45, 2.75) is 33.3 Å². The summed E-state index contributed by atoms with van der Waals surface area (Å²) < 4.78 is 39.1. The lowest BCUT2D eigenvalue weighted by atomic mass is 9.99. The molecule has 0 atom stereocenters. The molecule has 2 rings (SSSR count). The van der Waals surface area contributed by atoms with Crippen LogP contribution in [0.4, 0.5) is 10.3 Å². The van der Waals surface area contributed by atoms with Crippen LogP contribution in [0.5, 0.6) is 0 Å². The summed E-state index contributed by atoms with van der Waals surface area (Å²) in [5.41, 5.74) is 1.99. The molecule has 6 nitrogen and oxygen atoms in total. The maximum atomic E-state index is 13.2. The van der Waals surface area contributed by atoms with Crippen molar-refractivity contribution in [2.75, 3.05) is 10.5 Å². The number of nitrogens with zero attached hydrogens (tertiary/aromatic N) is 2. The monoisotopic (exact) mass is 353 g/mol. The predicted octanol–water partition coefficient (Wildman–Crippen LogP) is 2.66. The SMILES string of the molecule is CCS(=O)(=O)Nc1nc(-c2ccc(F)cc2)c(CO)c(C(C)C)n1. The summed E-state index contributed by atoms with van der Waals surface area (Å²) in [5, 5.41) is 9.74. The van der Waals surface area contributed by atoms with Gasteiger partial charge in [0.05, 0.1) is 23.7 Å². The van der Waals surface area contributed by atoms with Crippen molar-refractivity contribution in [3.8, 4) is 11.3 Å². The molecule has 0 aliphatic carbocycles. The van der Waals surface area contributed by atoms with Gasteiger partial charge in [-0.2, -0.15) is 0 Å². The molecule has 2 aromatic rings. The van der Waals surface area contributed by atoms with Crippen LogP contribution in [-0.2, 0) is 16.6 Å². The highest BCUT2D eigenvalue weighted by molar-refractivity contribution is 7.92. The first-order valence-electron chi connectivity index (χ1n) is 7.55. The molecule has 130 valence electrons. The van der Waals surface area contributed by atoms with Crippen LogP contribution < -0.4 is 4.72 Å². The van der Waals surface area contributed by atoms with Gasteiger partial charge in [0.2, 0.25) is 16.0 Å². The zero-order chi connectivity index (χ0) is 17.9. The van der Waals surface area contributed by atoms with Gasteiger partial charge in [0, 0.05) is 11.1 Å². The molecule has 1 aromatic heterocycles. The zero-order valence-corrected chi connectivity index (χ0v) is 14.6. The highest BCUT2D eigenvalue weighted by Gasteiger charge is 2.19. The highest BCUT2D eigenvalue weighted by Crippen LogP contribution is 2.29. The van der Waals surface area contributed by atoms with Crippen molar-refractivity contribution < 1.29 is 17.9 Å². The lowest BCUT2D eigenvalue weighted by molar-refractivity contribution is 0.279. The van der Waals surface area contributed by atoms with Crippen LogP contribution in [0.3, 0.4) is 0 Å². The van der Waals surface area contributed by atoms with Gasteiger partial charge in [-0.1, -0.05) is 13.8 Å². The van der Waals surface area contributed by atoms with E-state index in [2.05, 4.69) is 14.7 Å². The average molecular weight is 353 g/mol. The first-order chi connectivity index (χ1) is 11.3. The van der Waals surface area contributed by atoms with E-state index in [1.807, 2.05) is 13.8 Å². The summed E-state index contributed by atoms with van der Waals surface area (Å²) in [6, 6.07) is 5.62. The van der Waals surface area contributed by atoms with Crippen molar-refractivity contribution in [1.82, 2.24) is 9.97 Å². The van der Waals surface area contributed by atoms with Gasteiger partial charge in [-0.25, -0.2) is 22.8 Å². The molecule has 0 saturated heterocycles. The fourth-order valence-corrected chi connectivity index (χ4v) is 2.75. The quantitative estimate of drug-likeness (QED) is 0.833. The molecular formula is C16H20FN3O3S. The number of nitrogens with one attached hydrogen (secondary N) is 1. The van der Waals surface area contributed by atoms with E-state index in [4.69, 9.17) is 0 Å². The third-order valence-corrected chi connectivity index (χ3v) is 4.74. The molecule has 0 aliphatic rings. The Bertz CT molecular complexity index is 821. The second-order valence-electron chi connectivity index (χ2n) is 5.58. The van der Waals surface area contributed by atoms with Crippen LogP contribution in [0.15, 0.2) is 24.3 Å². The van der Waals surface area contributed by atoms with Gasteiger partial charge >= 0.3 is 0 Å². The third-order valence-electron chi connectivity index (χ3n) is 3.49. The van der Waals surface area contributed by atoms with Crippen molar-refractivity contribution in [1.29, 1.82) is 0 Å². The molecule has 0 bridgehead atoms. The highest BCUT2D eigenvalue weighted by atomic mass is 32.2. The van der Waals surface area contributed by atoms with Crippen LogP contribution in [0, 0.1) is 5.82 Å². The van der Waals surface area contributed by atoms with Gasteiger partial charge in [-0.15, -0.1) is 0 Å². The smallest absolute Gasteiger partial charge is 0.237 e. The van der Waals surface area contributed by atoms with Crippen LogP contribution in [-0.4, -0.2) is 29.2 Å². The Morgan fingerprint density at radius 1 is 1.21 bits per heavy atom. The van der Waals surface area contributed by atoms with Crippen LogP contribution in [0.25, 0.3) is 11.3 Å². The molecule has 0 spiro atoms. The van der Waals surface area contributed by atoms with E-state index in [1.165, 1.54) is 31.2 Å². The van der Waals surface area contributed by atoms with Gasteiger partial charge in [0.15, 0.2) is 0 Å². The number of aliphatic hydroxyl groups is 1. The third kappa shape index (κ3) is 4.07. The zero-order valence-electron chi connectivity index (χ0n) is 13.7. The average Bonchev–Trinajstić information content (AvgIpc) is 2.54. The van der Waals surface area contributed by atoms with E-state index in [9.17, 15) is 17.9 Å². The molecule has 1 aromatic carbocycles. The summed E-state index contributed by atoms with van der Waals surface area (Å²) in [7, 11) is -3.54. The first-order valence-corrected chi connectivity index (χ1v) is 9.20. The minimum Gasteiger partial charge on any atom is -0.392 e. The summed E-state index contributed by atoms with van der Waals surface area (Å²) in [5.74, 6) is -0.619. The molecule has 0 amide bonds. The van der Waals surface area contributed by atoms with E-state index in [1.54, 1.807) is 0 Å². The minimum absolute atomic E-state index is 0.0563. The molecule has 1 heterocycles. The van der Waals surface area contributed by atoms with Crippen LogP contribution >= 0.6 is 0 Å². The number of halogens is 1. The van der Waals surface area contributed by atoms with Crippen molar-refractivity contribution >= 4 is 16.0 Å². The summed E-state index contributed by atoms with van der Waals surface area (Å²) >= 11 is 0. The standard InChI is InChI=1S/C16H20FN3O3S/c1-4-24(22,23)20-16-18-14(10(2)3)13(9-21)15(19-16)11-5-7-12(17)8-6-11/h5-8,10,21H,4,9H2,1-3H3,(H,18,19,20). The molecule has 8 heteroatoms. The Labute approximate surface area is 140 Å². The van der Waals surface area contributed by atoms with Gasteiger partial charge in [-0.05, 0) is 37.1 Å². The van der Waals surface area contributed by atoms with Gasteiger partial charge < -0.3 is 5.11 Å². The molecule has 0 fully saturated rings. The largest absolute Gasteiger partial charge is 0.392 e. The van der Waals surface area contributed by atoms with Crippen molar-refractivity contribution in [3.63, 3.8) is 0 Å². The van der Waals surface area contributed by atoms with E-state index in [0.29, 0.717) is 22.5 Å². The lowest BCUT2D eigenvalue weighted by Crippen LogP contribution is -2.18. The molecule has 0 saturated carbocycles. The van der Waals surface area contributed by atoms with Gasteiger partial charge in [0.1, 0.15) is 5.82 Å². The maximum absolute atomic E-state index is 13.2. The number of hydrogen-bond acceptors (Lipinski definition) is 5. The van der Waals surface area contributed by atoms with E-state index in [-0.39, 0.29) is 24.2 Å². The van der Waals surface area contributed by atoms with E-state index >= 15 is 0 Å². The molecule has 0 unspecified atom stereocenters. The fourth-order valence-electron chi connectivity index (χ4n) is 2.24. The summed E-state index contributed by atoms with van der Waals surface area (Å²) in [4.78, 5) is 8.48. The van der Waals surface area contributed by atoms with Gasteiger partial charge in [0.25, 0.3) is 0 Å². The van der Waals surface area contributed by atoms with Crippen molar-refractivity contribution in [3.05, 3.63) is 41.3 Å². The second kappa shape index (κ2) is 7.23. The topological polar surface area (TPSA) is 92.2 Å². The second-order valence-corrected chi connectivity index (χ2v) is 7.60. The Morgan fingerprint density at radius 3 is 2.33 bits per heavy atom. The number of hydrogen-bond donors (Lipinski definition) is 2. The number of aromatic nitrogens is 2. The summed E-state index contributed by atoms with van der Waals surface area (Å²) in [6.45, 7) is 4.97. The Balaban J connectivity index is 2.66. The first kappa shape index (κ1) is 18.3. The van der Waals surface area contributed by atoms with Gasteiger partial charge in [-0.3, -0.25) is 4.72 Å². The maximum Gasteiger partial charge on any atom is 0.237 e.